The normalized spacial score (nSPS) is 11.9. The number of unbranched alkanes of at least 4 members (excludes halogenated alkanes) is 2. The Labute approximate surface area is 137 Å². The van der Waals surface area contributed by atoms with Crippen molar-refractivity contribution in [1.29, 1.82) is 0 Å². The molecule has 4 nitrogen and oxygen atoms in total. The molecule has 120 valence electrons. The molecule has 0 aliphatic rings. The lowest BCUT2D eigenvalue weighted by atomic mass is 10.2. The van der Waals surface area contributed by atoms with Crippen molar-refractivity contribution in [3.8, 4) is 0 Å². The highest BCUT2D eigenvalue weighted by Crippen LogP contribution is 2.24. The van der Waals surface area contributed by atoms with Gasteiger partial charge in [0.05, 0.1) is 15.3 Å². The predicted molar refractivity (Wildman–Crippen MR) is 90.9 cm³/mol. The molecule has 0 bridgehead atoms. The fourth-order valence-electron chi connectivity index (χ4n) is 1.65. The largest absolute Gasteiger partial charge is 0.385 e. The van der Waals surface area contributed by atoms with Gasteiger partial charge in [0, 0.05) is 18.8 Å². The summed E-state index contributed by atoms with van der Waals surface area (Å²) in [7, 11) is -3.14. The van der Waals surface area contributed by atoms with Crippen molar-refractivity contribution < 1.29 is 8.42 Å². The summed E-state index contributed by atoms with van der Waals surface area (Å²) >= 11 is 11.8. The average Bonchev–Trinajstić information content (AvgIpc) is 2.41. The molecular weight excluding hydrogens is 331 g/mol. The molecule has 0 atom stereocenters. The monoisotopic (exact) mass is 352 g/mol. The van der Waals surface area contributed by atoms with Crippen molar-refractivity contribution in [1.82, 2.24) is 4.72 Å². The van der Waals surface area contributed by atoms with Crippen molar-refractivity contribution in [3.63, 3.8) is 0 Å². The second-order valence-corrected chi connectivity index (χ2v) is 8.24. The first-order chi connectivity index (χ1) is 9.83. The van der Waals surface area contributed by atoms with Gasteiger partial charge in [0.1, 0.15) is 0 Å². The summed E-state index contributed by atoms with van der Waals surface area (Å²) in [4.78, 5) is 0. The molecule has 0 aliphatic carbocycles. The lowest BCUT2D eigenvalue weighted by Crippen LogP contribution is -2.31. The maximum atomic E-state index is 11.5. The zero-order valence-electron chi connectivity index (χ0n) is 12.3. The Morgan fingerprint density at radius 1 is 1.05 bits per heavy atom. The van der Waals surface area contributed by atoms with E-state index >= 15 is 0 Å². The van der Waals surface area contributed by atoms with Crippen molar-refractivity contribution >= 4 is 38.9 Å². The predicted octanol–water partition coefficient (Wildman–Crippen LogP) is 3.90. The fourth-order valence-corrected chi connectivity index (χ4v) is 2.71. The van der Waals surface area contributed by atoms with E-state index in [1.807, 2.05) is 6.07 Å². The molecule has 0 radical (unpaired) electrons. The van der Waals surface area contributed by atoms with Gasteiger partial charge < -0.3 is 5.32 Å². The number of sulfonamides is 1. The van der Waals surface area contributed by atoms with E-state index < -0.39 is 10.0 Å². The Hall–Kier alpha value is -0.490. The molecule has 0 saturated carbocycles. The molecular formula is C14H22Cl2N2O2S. The maximum Gasteiger partial charge on any atom is 0.213 e. The molecule has 0 fully saturated rings. The van der Waals surface area contributed by atoms with Gasteiger partial charge in [0.25, 0.3) is 0 Å². The van der Waals surface area contributed by atoms with E-state index in [1.165, 1.54) is 0 Å². The summed E-state index contributed by atoms with van der Waals surface area (Å²) in [6.07, 6.45) is 2.74. The van der Waals surface area contributed by atoms with Crippen LogP contribution in [-0.4, -0.2) is 26.8 Å². The number of rotatable bonds is 9. The van der Waals surface area contributed by atoms with Crippen LogP contribution in [0, 0.1) is 0 Å². The molecule has 2 N–H and O–H groups in total. The summed E-state index contributed by atoms with van der Waals surface area (Å²) in [5, 5.41) is 3.95. The van der Waals surface area contributed by atoms with Crippen molar-refractivity contribution in [3.05, 3.63) is 28.2 Å². The molecule has 1 aromatic carbocycles. The summed E-state index contributed by atoms with van der Waals surface area (Å²) in [6, 6.07) is 5.43. The van der Waals surface area contributed by atoms with Gasteiger partial charge >= 0.3 is 0 Å². The van der Waals surface area contributed by atoms with E-state index in [1.54, 1.807) is 26.0 Å². The van der Waals surface area contributed by atoms with Crippen molar-refractivity contribution in [2.45, 2.75) is 38.4 Å². The highest BCUT2D eigenvalue weighted by molar-refractivity contribution is 7.90. The minimum atomic E-state index is -3.14. The summed E-state index contributed by atoms with van der Waals surface area (Å²) in [5.74, 6) is 0. The Balaban J connectivity index is 2.14. The average molecular weight is 353 g/mol. The number of nitrogens with one attached hydrogen (secondary N) is 2. The number of hydrogen-bond acceptors (Lipinski definition) is 3. The van der Waals surface area contributed by atoms with Crippen LogP contribution >= 0.6 is 23.2 Å². The minimum Gasteiger partial charge on any atom is -0.385 e. The van der Waals surface area contributed by atoms with E-state index in [9.17, 15) is 8.42 Å². The molecule has 21 heavy (non-hydrogen) atoms. The van der Waals surface area contributed by atoms with Gasteiger partial charge in [-0.3, -0.25) is 0 Å². The summed E-state index contributed by atoms with van der Waals surface area (Å²) in [6.45, 7) is 4.65. The van der Waals surface area contributed by atoms with E-state index in [-0.39, 0.29) is 5.25 Å². The smallest absolute Gasteiger partial charge is 0.213 e. The van der Waals surface area contributed by atoms with Crippen molar-refractivity contribution in [2.75, 3.05) is 18.4 Å². The Bertz CT molecular complexity index is 548. The van der Waals surface area contributed by atoms with Gasteiger partial charge in [0.2, 0.25) is 10.0 Å². The molecule has 0 heterocycles. The SMILES string of the molecule is CC(C)S(=O)(=O)NCCCCCNc1ccc(Cl)c(Cl)c1. The molecule has 0 aromatic heterocycles. The Morgan fingerprint density at radius 3 is 2.33 bits per heavy atom. The number of halogens is 2. The van der Waals surface area contributed by atoms with E-state index in [4.69, 9.17) is 23.2 Å². The standard InChI is InChI=1S/C14H22Cl2N2O2S/c1-11(2)21(19,20)18-9-5-3-4-8-17-12-6-7-13(15)14(16)10-12/h6-7,10-11,17-18H,3-5,8-9H2,1-2H3. The number of benzene rings is 1. The van der Waals surface area contributed by atoms with Crippen LogP contribution in [0.4, 0.5) is 5.69 Å². The van der Waals surface area contributed by atoms with E-state index in [2.05, 4.69) is 10.0 Å². The Kier molecular flexibility index (Phi) is 7.81. The first kappa shape index (κ1) is 18.6. The molecule has 1 rings (SSSR count). The third-order valence-electron chi connectivity index (χ3n) is 3.03. The van der Waals surface area contributed by atoms with Gasteiger partial charge in [-0.15, -0.1) is 0 Å². The van der Waals surface area contributed by atoms with Crippen LogP contribution < -0.4 is 10.0 Å². The Morgan fingerprint density at radius 2 is 1.71 bits per heavy atom. The zero-order valence-corrected chi connectivity index (χ0v) is 14.7. The van der Waals surface area contributed by atoms with Crippen LogP contribution in [0.3, 0.4) is 0 Å². The van der Waals surface area contributed by atoms with E-state index in [0.29, 0.717) is 16.6 Å². The second kappa shape index (κ2) is 8.83. The lowest BCUT2D eigenvalue weighted by molar-refractivity contribution is 0.566. The third kappa shape index (κ3) is 6.87. The highest BCUT2D eigenvalue weighted by atomic mass is 35.5. The van der Waals surface area contributed by atoms with Crippen LogP contribution in [-0.2, 0) is 10.0 Å². The van der Waals surface area contributed by atoms with Gasteiger partial charge in [-0.05, 0) is 44.9 Å². The highest BCUT2D eigenvalue weighted by Gasteiger charge is 2.13. The van der Waals surface area contributed by atoms with Crippen LogP contribution in [0.5, 0.6) is 0 Å². The lowest BCUT2D eigenvalue weighted by Gasteiger charge is -2.10. The molecule has 1 aromatic rings. The number of hydrogen-bond donors (Lipinski definition) is 2. The summed E-state index contributed by atoms with van der Waals surface area (Å²) < 4.78 is 25.6. The van der Waals surface area contributed by atoms with Gasteiger partial charge in [-0.2, -0.15) is 0 Å². The van der Waals surface area contributed by atoms with Crippen LogP contribution in [0.2, 0.25) is 10.0 Å². The quantitative estimate of drug-likeness (QED) is 0.662. The van der Waals surface area contributed by atoms with Gasteiger partial charge in [0.15, 0.2) is 0 Å². The molecule has 0 aliphatic heterocycles. The molecule has 7 heteroatoms. The molecule has 0 saturated heterocycles. The topological polar surface area (TPSA) is 58.2 Å². The molecule has 0 spiro atoms. The second-order valence-electron chi connectivity index (χ2n) is 5.10. The molecule has 0 unspecified atom stereocenters. The van der Waals surface area contributed by atoms with Crippen molar-refractivity contribution in [2.24, 2.45) is 0 Å². The molecule has 0 amide bonds. The van der Waals surface area contributed by atoms with Gasteiger partial charge in [-0.25, -0.2) is 13.1 Å². The summed E-state index contributed by atoms with van der Waals surface area (Å²) in [5.41, 5.74) is 0.935. The van der Waals surface area contributed by atoms with Crippen LogP contribution in [0.1, 0.15) is 33.1 Å². The minimum absolute atomic E-state index is 0.381. The van der Waals surface area contributed by atoms with Crippen LogP contribution in [0.15, 0.2) is 18.2 Å². The zero-order chi connectivity index (χ0) is 15.9. The van der Waals surface area contributed by atoms with E-state index in [0.717, 1.165) is 31.5 Å². The number of anilines is 1. The van der Waals surface area contributed by atoms with Gasteiger partial charge in [-0.1, -0.05) is 29.6 Å². The van der Waals surface area contributed by atoms with Crippen LogP contribution in [0.25, 0.3) is 0 Å². The fraction of sp³-hybridized carbons (Fsp3) is 0.571. The maximum absolute atomic E-state index is 11.5. The first-order valence-corrected chi connectivity index (χ1v) is 9.30. The third-order valence-corrected chi connectivity index (χ3v) is 5.61. The first-order valence-electron chi connectivity index (χ1n) is 7.00.